The summed E-state index contributed by atoms with van der Waals surface area (Å²) in [5, 5.41) is 16.3. The van der Waals surface area contributed by atoms with Crippen LogP contribution in [0.2, 0.25) is 0 Å². The summed E-state index contributed by atoms with van der Waals surface area (Å²) in [7, 11) is 0. The van der Waals surface area contributed by atoms with Gasteiger partial charge in [-0.2, -0.15) is 0 Å². The van der Waals surface area contributed by atoms with Crippen LogP contribution in [-0.2, 0) is 4.79 Å². The fraction of sp³-hybridized carbons (Fsp3) is 0.933. The SMILES string of the molecule is CCC(C)C(O)CNC(=O)CC1CC2CCC(C1)N2.Cl. The van der Waals surface area contributed by atoms with E-state index < -0.39 is 6.10 Å². The second-order valence-corrected chi connectivity index (χ2v) is 6.44. The van der Waals surface area contributed by atoms with E-state index in [9.17, 15) is 9.90 Å². The molecule has 0 aromatic heterocycles. The van der Waals surface area contributed by atoms with Crippen molar-refractivity contribution in [1.29, 1.82) is 0 Å². The molecule has 118 valence electrons. The molecule has 2 bridgehead atoms. The second kappa shape index (κ2) is 8.20. The van der Waals surface area contributed by atoms with Crippen LogP contribution in [0.5, 0.6) is 0 Å². The number of hydrogen-bond donors (Lipinski definition) is 3. The molecule has 4 atom stereocenters. The summed E-state index contributed by atoms with van der Waals surface area (Å²) in [4.78, 5) is 11.9. The molecule has 2 fully saturated rings. The van der Waals surface area contributed by atoms with Crippen LogP contribution in [-0.4, -0.2) is 35.7 Å². The number of nitrogens with one attached hydrogen (secondary N) is 2. The van der Waals surface area contributed by atoms with Gasteiger partial charge < -0.3 is 15.7 Å². The lowest BCUT2D eigenvalue weighted by Crippen LogP contribution is -2.41. The van der Waals surface area contributed by atoms with Crippen molar-refractivity contribution in [2.45, 2.75) is 70.6 Å². The molecule has 1 amide bonds. The highest BCUT2D eigenvalue weighted by Gasteiger charge is 2.34. The molecule has 3 N–H and O–H groups in total. The van der Waals surface area contributed by atoms with Gasteiger partial charge in [0.25, 0.3) is 0 Å². The van der Waals surface area contributed by atoms with E-state index in [-0.39, 0.29) is 24.2 Å². The monoisotopic (exact) mass is 304 g/mol. The minimum absolute atomic E-state index is 0. The van der Waals surface area contributed by atoms with E-state index in [1.165, 1.54) is 12.8 Å². The molecular formula is C15H29ClN2O2. The second-order valence-electron chi connectivity index (χ2n) is 6.44. The first-order chi connectivity index (χ1) is 9.08. The summed E-state index contributed by atoms with van der Waals surface area (Å²) < 4.78 is 0. The van der Waals surface area contributed by atoms with Crippen LogP contribution in [0.4, 0.5) is 0 Å². The van der Waals surface area contributed by atoms with Crippen molar-refractivity contribution in [2.75, 3.05) is 6.54 Å². The van der Waals surface area contributed by atoms with Crippen LogP contribution < -0.4 is 10.6 Å². The smallest absolute Gasteiger partial charge is 0.220 e. The summed E-state index contributed by atoms with van der Waals surface area (Å²) in [6.45, 7) is 4.47. The van der Waals surface area contributed by atoms with E-state index in [4.69, 9.17) is 0 Å². The number of piperidine rings is 1. The fourth-order valence-corrected chi connectivity index (χ4v) is 3.37. The predicted octanol–water partition coefficient (Wildman–Crippen LogP) is 1.85. The van der Waals surface area contributed by atoms with Crippen molar-refractivity contribution in [3.63, 3.8) is 0 Å². The Morgan fingerprint density at radius 1 is 1.35 bits per heavy atom. The molecule has 2 aliphatic rings. The minimum Gasteiger partial charge on any atom is -0.391 e. The molecule has 2 aliphatic heterocycles. The average molecular weight is 305 g/mol. The number of carbonyl (C=O) groups excluding carboxylic acids is 1. The standard InChI is InChI=1S/C15H28N2O2.ClH/c1-3-10(2)14(18)9-16-15(19)8-11-6-12-4-5-13(7-11)17-12;/h10-14,17-18H,3-9H2,1-2H3,(H,16,19);1H. The zero-order valence-electron chi connectivity index (χ0n) is 12.6. The molecule has 0 aliphatic carbocycles. The topological polar surface area (TPSA) is 61.4 Å². The van der Waals surface area contributed by atoms with Crippen molar-refractivity contribution >= 4 is 18.3 Å². The number of fused-ring (bicyclic) bond motifs is 2. The van der Waals surface area contributed by atoms with E-state index in [1.54, 1.807) is 0 Å². The first-order valence-electron chi connectivity index (χ1n) is 7.79. The van der Waals surface area contributed by atoms with Crippen molar-refractivity contribution in [2.24, 2.45) is 11.8 Å². The van der Waals surface area contributed by atoms with Crippen LogP contribution in [0.15, 0.2) is 0 Å². The number of halogens is 1. The van der Waals surface area contributed by atoms with Gasteiger partial charge in [0.1, 0.15) is 0 Å². The Kier molecular flexibility index (Phi) is 7.27. The van der Waals surface area contributed by atoms with Gasteiger partial charge in [-0.15, -0.1) is 12.4 Å². The Bertz CT molecular complexity index is 302. The molecule has 0 aromatic rings. The normalized spacial score (nSPS) is 31.2. The molecule has 20 heavy (non-hydrogen) atoms. The maximum absolute atomic E-state index is 11.9. The summed E-state index contributed by atoms with van der Waals surface area (Å²) >= 11 is 0. The molecule has 0 radical (unpaired) electrons. The quantitative estimate of drug-likeness (QED) is 0.702. The minimum atomic E-state index is -0.418. The van der Waals surface area contributed by atoms with Crippen molar-refractivity contribution in [3.05, 3.63) is 0 Å². The molecule has 0 aromatic carbocycles. The number of rotatable bonds is 6. The Morgan fingerprint density at radius 3 is 2.50 bits per heavy atom. The van der Waals surface area contributed by atoms with E-state index in [0.29, 0.717) is 31.0 Å². The van der Waals surface area contributed by atoms with E-state index in [2.05, 4.69) is 17.6 Å². The van der Waals surface area contributed by atoms with Crippen molar-refractivity contribution in [1.82, 2.24) is 10.6 Å². The van der Waals surface area contributed by atoms with Crippen LogP contribution in [0, 0.1) is 11.8 Å². The summed E-state index contributed by atoms with van der Waals surface area (Å²) in [5.41, 5.74) is 0. The predicted molar refractivity (Wildman–Crippen MR) is 83.0 cm³/mol. The highest BCUT2D eigenvalue weighted by atomic mass is 35.5. The molecule has 4 unspecified atom stereocenters. The van der Waals surface area contributed by atoms with Gasteiger partial charge in [0.15, 0.2) is 0 Å². The molecule has 2 rings (SSSR count). The van der Waals surface area contributed by atoms with Gasteiger partial charge in [-0.1, -0.05) is 20.3 Å². The summed E-state index contributed by atoms with van der Waals surface area (Å²) in [6, 6.07) is 1.28. The van der Waals surface area contributed by atoms with Crippen LogP contribution >= 0.6 is 12.4 Å². The molecule has 2 heterocycles. The molecule has 4 nitrogen and oxygen atoms in total. The Hall–Kier alpha value is -0.320. The van der Waals surface area contributed by atoms with E-state index in [0.717, 1.165) is 19.3 Å². The molecule has 0 saturated carbocycles. The van der Waals surface area contributed by atoms with E-state index >= 15 is 0 Å². The molecule has 0 spiro atoms. The summed E-state index contributed by atoms with van der Waals surface area (Å²) in [5.74, 6) is 0.878. The molecular weight excluding hydrogens is 276 g/mol. The number of aliphatic hydroxyl groups is 1. The van der Waals surface area contributed by atoms with Crippen molar-refractivity contribution in [3.8, 4) is 0 Å². The van der Waals surface area contributed by atoms with Gasteiger partial charge in [0, 0.05) is 25.0 Å². The number of aliphatic hydroxyl groups excluding tert-OH is 1. The van der Waals surface area contributed by atoms with Gasteiger partial charge in [0.05, 0.1) is 6.10 Å². The zero-order valence-corrected chi connectivity index (χ0v) is 13.4. The maximum atomic E-state index is 11.9. The number of hydrogen-bond acceptors (Lipinski definition) is 3. The Morgan fingerprint density at radius 2 is 1.95 bits per heavy atom. The molecule has 2 saturated heterocycles. The summed E-state index contributed by atoms with van der Waals surface area (Å²) in [6.07, 6.45) is 5.97. The maximum Gasteiger partial charge on any atom is 0.220 e. The third-order valence-electron chi connectivity index (χ3n) is 4.85. The average Bonchev–Trinajstić information content (AvgIpc) is 2.74. The first-order valence-corrected chi connectivity index (χ1v) is 7.79. The van der Waals surface area contributed by atoms with Gasteiger partial charge in [-0.05, 0) is 37.5 Å². The third-order valence-corrected chi connectivity index (χ3v) is 4.85. The lowest BCUT2D eigenvalue weighted by atomic mass is 9.89. The van der Waals surface area contributed by atoms with Gasteiger partial charge in [-0.3, -0.25) is 4.79 Å². The van der Waals surface area contributed by atoms with Crippen LogP contribution in [0.1, 0.15) is 52.4 Å². The third kappa shape index (κ3) is 4.90. The Labute approximate surface area is 128 Å². The zero-order chi connectivity index (χ0) is 13.8. The van der Waals surface area contributed by atoms with Crippen molar-refractivity contribution < 1.29 is 9.90 Å². The van der Waals surface area contributed by atoms with E-state index in [1.807, 2.05) is 6.92 Å². The number of amides is 1. The fourth-order valence-electron chi connectivity index (χ4n) is 3.37. The van der Waals surface area contributed by atoms with Gasteiger partial charge >= 0.3 is 0 Å². The molecule has 5 heteroatoms. The van der Waals surface area contributed by atoms with Gasteiger partial charge in [-0.25, -0.2) is 0 Å². The van der Waals surface area contributed by atoms with Crippen LogP contribution in [0.3, 0.4) is 0 Å². The lowest BCUT2D eigenvalue weighted by Gasteiger charge is -2.28. The lowest BCUT2D eigenvalue weighted by molar-refractivity contribution is -0.122. The largest absolute Gasteiger partial charge is 0.391 e. The van der Waals surface area contributed by atoms with Gasteiger partial charge in [0.2, 0.25) is 5.91 Å². The Balaban J connectivity index is 0.00000200. The highest BCUT2D eigenvalue weighted by Crippen LogP contribution is 2.32. The van der Waals surface area contributed by atoms with Crippen LogP contribution in [0.25, 0.3) is 0 Å². The first kappa shape index (κ1) is 17.7. The number of carbonyl (C=O) groups is 1. The highest BCUT2D eigenvalue weighted by molar-refractivity contribution is 5.85.